The van der Waals surface area contributed by atoms with Crippen molar-refractivity contribution in [2.75, 3.05) is 34.4 Å². The lowest BCUT2D eigenvalue weighted by Gasteiger charge is -2.18. The smallest absolute Gasteiger partial charge is 0.123 e. The van der Waals surface area contributed by atoms with Crippen molar-refractivity contribution in [3.63, 3.8) is 0 Å². The summed E-state index contributed by atoms with van der Waals surface area (Å²) in [5.41, 5.74) is 6.64. The van der Waals surface area contributed by atoms with E-state index in [1.165, 1.54) is 0 Å². The van der Waals surface area contributed by atoms with Crippen LogP contribution >= 0.6 is 0 Å². The van der Waals surface area contributed by atoms with E-state index >= 15 is 0 Å². The van der Waals surface area contributed by atoms with Crippen molar-refractivity contribution in [1.82, 2.24) is 4.90 Å². The second-order valence-corrected chi connectivity index (χ2v) is 4.41. The van der Waals surface area contributed by atoms with Crippen molar-refractivity contribution >= 4 is 0 Å². The molecule has 0 aromatic heterocycles. The minimum atomic E-state index is 0.760. The summed E-state index contributed by atoms with van der Waals surface area (Å²) < 4.78 is 10.6. The Morgan fingerprint density at radius 3 is 2.56 bits per heavy atom. The zero-order valence-electron chi connectivity index (χ0n) is 11.6. The molecule has 4 nitrogen and oxygen atoms in total. The Balaban J connectivity index is 2.63. The van der Waals surface area contributed by atoms with Crippen molar-refractivity contribution in [2.45, 2.75) is 19.4 Å². The summed E-state index contributed by atoms with van der Waals surface area (Å²) >= 11 is 0. The highest BCUT2D eigenvalue weighted by atomic mass is 16.5. The first-order valence-electron chi connectivity index (χ1n) is 6.30. The summed E-state index contributed by atoms with van der Waals surface area (Å²) in [5.74, 6) is 1.77. The van der Waals surface area contributed by atoms with E-state index in [4.69, 9.17) is 15.2 Å². The number of ether oxygens (including phenoxy) is 2. The molecular weight excluding hydrogens is 228 g/mol. The maximum Gasteiger partial charge on any atom is 0.123 e. The number of unbranched alkanes of at least 4 members (excludes halogenated alkanes) is 1. The number of methoxy groups -OCH3 is 2. The van der Waals surface area contributed by atoms with Gasteiger partial charge in [0.1, 0.15) is 11.5 Å². The number of nitrogens with zero attached hydrogens (tertiary/aromatic N) is 1. The maximum atomic E-state index is 5.50. The average molecular weight is 252 g/mol. The molecule has 0 aliphatic carbocycles. The summed E-state index contributed by atoms with van der Waals surface area (Å²) in [6.07, 6.45) is 2.19. The lowest BCUT2D eigenvalue weighted by atomic mass is 10.1. The highest BCUT2D eigenvalue weighted by molar-refractivity contribution is 5.40. The fourth-order valence-corrected chi connectivity index (χ4v) is 1.90. The zero-order valence-corrected chi connectivity index (χ0v) is 11.6. The molecule has 4 heteroatoms. The average Bonchev–Trinajstić information content (AvgIpc) is 2.39. The predicted molar refractivity (Wildman–Crippen MR) is 74.2 cm³/mol. The van der Waals surface area contributed by atoms with Crippen LogP contribution in [0.5, 0.6) is 11.5 Å². The van der Waals surface area contributed by atoms with Crippen molar-refractivity contribution < 1.29 is 9.47 Å². The first-order chi connectivity index (χ1) is 8.71. The fourth-order valence-electron chi connectivity index (χ4n) is 1.90. The Morgan fingerprint density at radius 1 is 1.17 bits per heavy atom. The van der Waals surface area contributed by atoms with Crippen LogP contribution in [0.4, 0.5) is 0 Å². The third kappa shape index (κ3) is 4.55. The number of hydrogen-bond donors (Lipinski definition) is 1. The van der Waals surface area contributed by atoms with Crippen LogP contribution in [-0.2, 0) is 6.54 Å². The molecule has 0 saturated heterocycles. The summed E-state index contributed by atoms with van der Waals surface area (Å²) in [6, 6.07) is 5.89. The van der Waals surface area contributed by atoms with E-state index in [-0.39, 0.29) is 0 Å². The van der Waals surface area contributed by atoms with E-state index in [1.54, 1.807) is 14.2 Å². The summed E-state index contributed by atoms with van der Waals surface area (Å²) in [6.45, 7) is 2.65. The van der Waals surface area contributed by atoms with Crippen molar-refractivity contribution in [3.05, 3.63) is 23.8 Å². The number of benzene rings is 1. The van der Waals surface area contributed by atoms with Gasteiger partial charge in [-0.1, -0.05) is 0 Å². The number of hydrogen-bond acceptors (Lipinski definition) is 4. The van der Waals surface area contributed by atoms with Gasteiger partial charge in [0, 0.05) is 12.1 Å². The van der Waals surface area contributed by atoms with E-state index < -0.39 is 0 Å². The van der Waals surface area contributed by atoms with Crippen molar-refractivity contribution in [3.8, 4) is 11.5 Å². The van der Waals surface area contributed by atoms with Gasteiger partial charge >= 0.3 is 0 Å². The molecule has 0 spiro atoms. The lowest BCUT2D eigenvalue weighted by molar-refractivity contribution is 0.310. The van der Waals surface area contributed by atoms with E-state index in [1.807, 2.05) is 18.2 Å². The number of nitrogens with two attached hydrogens (primary N) is 1. The van der Waals surface area contributed by atoms with Gasteiger partial charge in [-0.15, -0.1) is 0 Å². The SMILES string of the molecule is COc1ccc(OC)c(CN(C)CCCCN)c1. The minimum absolute atomic E-state index is 0.760. The third-order valence-electron chi connectivity index (χ3n) is 2.92. The quantitative estimate of drug-likeness (QED) is 0.718. The van der Waals surface area contributed by atoms with E-state index in [0.717, 1.165) is 49.5 Å². The van der Waals surface area contributed by atoms with Crippen LogP contribution < -0.4 is 15.2 Å². The molecule has 0 amide bonds. The molecule has 0 atom stereocenters. The third-order valence-corrected chi connectivity index (χ3v) is 2.92. The molecular formula is C14H24N2O2. The molecule has 0 unspecified atom stereocenters. The predicted octanol–water partition coefficient (Wildman–Crippen LogP) is 1.87. The topological polar surface area (TPSA) is 47.7 Å². The summed E-state index contributed by atoms with van der Waals surface area (Å²) in [4.78, 5) is 2.27. The van der Waals surface area contributed by atoms with Gasteiger partial charge in [0.05, 0.1) is 14.2 Å². The molecule has 0 fully saturated rings. The van der Waals surface area contributed by atoms with Gasteiger partial charge < -0.3 is 20.1 Å². The van der Waals surface area contributed by atoms with Gasteiger partial charge in [-0.25, -0.2) is 0 Å². The summed E-state index contributed by atoms with van der Waals surface area (Å²) in [7, 11) is 5.48. The highest BCUT2D eigenvalue weighted by Gasteiger charge is 2.07. The van der Waals surface area contributed by atoms with Gasteiger partial charge in [-0.05, 0) is 51.2 Å². The molecule has 18 heavy (non-hydrogen) atoms. The molecule has 0 saturated carbocycles. The van der Waals surface area contributed by atoms with E-state index in [2.05, 4.69) is 11.9 Å². The lowest BCUT2D eigenvalue weighted by Crippen LogP contribution is -2.20. The maximum absolute atomic E-state index is 5.50. The van der Waals surface area contributed by atoms with Crippen LogP contribution in [0.3, 0.4) is 0 Å². The van der Waals surface area contributed by atoms with Gasteiger partial charge in [0.15, 0.2) is 0 Å². The first-order valence-corrected chi connectivity index (χ1v) is 6.30. The molecule has 102 valence electrons. The van der Waals surface area contributed by atoms with Crippen molar-refractivity contribution in [2.24, 2.45) is 5.73 Å². The van der Waals surface area contributed by atoms with Crippen LogP contribution in [-0.4, -0.2) is 39.3 Å². The second-order valence-electron chi connectivity index (χ2n) is 4.41. The Hall–Kier alpha value is -1.26. The normalized spacial score (nSPS) is 10.7. The van der Waals surface area contributed by atoms with Gasteiger partial charge in [-0.3, -0.25) is 0 Å². The molecule has 1 aromatic carbocycles. The van der Waals surface area contributed by atoms with Crippen LogP contribution in [0.1, 0.15) is 18.4 Å². The molecule has 0 radical (unpaired) electrons. The minimum Gasteiger partial charge on any atom is -0.497 e. The highest BCUT2D eigenvalue weighted by Crippen LogP contribution is 2.24. The fraction of sp³-hybridized carbons (Fsp3) is 0.571. The summed E-state index contributed by atoms with van der Waals surface area (Å²) in [5, 5.41) is 0. The second kappa shape index (κ2) is 7.95. The Kier molecular flexibility index (Phi) is 6.54. The van der Waals surface area contributed by atoms with Gasteiger partial charge in [-0.2, -0.15) is 0 Å². The zero-order chi connectivity index (χ0) is 13.4. The van der Waals surface area contributed by atoms with Crippen molar-refractivity contribution in [1.29, 1.82) is 0 Å². The molecule has 2 N–H and O–H groups in total. The van der Waals surface area contributed by atoms with Crippen LogP contribution in [0.25, 0.3) is 0 Å². The molecule has 1 rings (SSSR count). The Morgan fingerprint density at radius 2 is 1.94 bits per heavy atom. The Bertz CT molecular complexity index is 356. The molecule has 0 aliphatic heterocycles. The molecule has 0 bridgehead atoms. The van der Waals surface area contributed by atoms with E-state index in [0.29, 0.717) is 0 Å². The van der Waals surface area contributed by atoms with Crippen LogP contribution in [0.2, 0.25) is 0 Å². The standard InChI is InChI=1S/C14H24N2O2/c1-16(9-5-4-8-15)11-12-10-13(17-2)6-7-14(12)18-3/h6-7,10H,4-5,8-9,11,15H2,1-3H3. The molecule has 1 aromatic rings. The molecule has 0 aliphatic rings. The Labute approximate surface area is 110 Å². The first kappa shape index (κ1) is 14.8. The van der Waals surface area contributed by atoms with Gasteiger partial charge in [0.25, 0.3) is 0 Å². The van der Waals surface area contributed by atoms with Gasteiger partial charge in [0.2, 0.25) is 0 Å². The largest absolute Gasteiger partial charge is 0.497 e. The van der Waals surface area contributed by atoms with E-state index in [9.17, 15) is 0 Å². The monoisotopic (exact) mass is 252 g/mol. The molecule has 0 heterocycles. The van der Waals surface area contributed by atoms with Crippen LogP contribution in [0.15, 0.2) is 18.2 Å². The van der Waals surface area contributed by atoms with Crippen LogP contribution in [0, 0.1) is 0 Å². The number of rotatable bonds is 8.